The molecule has 9 nitrogen and oxygen atoms in total. The second-order valence-corrected chi connectivity index (χ2v) is 7.11. The Labute approximate surface area is 154 Å². The van der Waals surface area contributed by atoms with Crippen LogP contribution in [0, 0.1) is 6.92 Å². The molecule has 0 saturated carbocycles. The number of amides is 1. The molecule has 0 saturated heterocycles. The van der Waals surface area contributed by atoms with E-state index in [1.807, 2.05) is 39.0 Å². The third kappa shape index (κ3) is 2.58. The summed E-state index contributed by atoms with van der Waals surface area (Å²) in [5, 5.41) is 8.90. The maximum absolute atomic E-state index is 12.9. The van der Waals surface area contributed by atoms with Gasteiger partial charge in [-0.2, -0.15) is 10.1 Å². The minimum atomic E-state index is -0.131. The molecule has 0 radical (unpaired) electrons. The van der Waals surface area contributed by atoms with Gasteiger partial charge in [0.1, 0.15) is 10.7 Å². The van der Waals surface area contributed by atoms with Crippen LogP contribution < -0.4 is 15.1 Å². The Morgan fingerprint density at radius 1 is 1.23 bits per heavy atom. The molecule has 10 heteroatoms. The summed E-state index contributed by atoms with van der Waals surface area (Å²) in [5.41, 5.74) is 1.91. The van der Waals surface area contributed by atoms with Crippen LogP contribution in [0.3, 0.4) is 0 Å². The van der Waals surface area contributed by atoms with Gasteiger partial charge in [-0.3, -0.25) is 9.48 Å². The van der Waals surface area contributed by atoms with E-state index in [1.54, 1.807) is 22.0 Å². The number of anilines is 5. The first-order chi connectivity index (χ1) is 12.5. The number of carbonyl (C=O) groups is 1. The minimum absolute atomic E-state index is 0.131. The number of hydrogen-bond donors (Lipinski definition) is 1. The second-order valence-electron chi connectivity index (χ2n) is 5.93. The highest BCUT2D eigenvalue weighted by molar-refractivity contribution is 7.16. The van der Waals surface area contributed by atoms with Crippen LogP contribution >= 0.6 is 11.3 Å². The smallest absolute Gasteiger partial charge is 0.280 e. The Morgan fingerprint density at radius 3 is 2.73 bits per heavy atom. The van der Waals surface area contributed by atoms with Crippen LogP contribution in [-0.2, 0) is 7.05 Å². The zero-order chi connectivity index (χ0) is 18.4. The Kier molecular flexibility index (Phi) is 3.83. The van der Waals surface area contributed by atoms with Crippen LogP contribution in [0.2, 0.25) is 0 Å². The van der Waals surface area contributed by atoms with Gasteiger partial charge in [-0.1, -0.05) is 0 Å². The third-order valence-corrected chi connectivity index (χ3v) is 5.15. The summed E-state index contributed by atoms with van der Waals surface area (Å²) in [6, 6.07) is 0. The van der Waals surface area contributed by atoms with E-state index in [9.17, 15) is 4.79 Å². The molecule has 3 aromatic rings. The predicted molar refractivity (Wildman–Crippen MR) is 101 cm³/mol. The van der Waals surface area contributed by atoms with Gasteiger partial charge in [0, 0.05) is 26.8 Å². The standard InChI is InChI=1S/C16H18N8OS/c1-5-24-11-7-17-16(20-10-6-18-22(3)8-10)21-13(11)23(4)15-12(14(24)25)19-9(2)26-15/h6-8H,5H2,1-4H3,(H,17,20,21). The average molecular weight is 370 g/mol. The summed E-state index contributed by atoms with van der Waals surface area (Å²) < 4.78 is 1.70. The molecular weight excluding hydrogens is 352 g/mol. The zero-order valence-corrected chi connectivity index (χ0v) is 15.7. The van der Waals surface area contributed by atoms with Crippen LogP contribution in [0.1, 0.15) is 22.4 Å². The Hall–Kier alpha value is -3.01. The van der Waals surface area contributed by atoms with Gasteiger partial charge in [0.2, 0.25) is 5.95 Å². The first-order valence-corrected chi connectivity index (χ1v) is 8.95. The van der Waals surface area contributed by atoms with Crippen LogP contribution in [0.5, 0.6) is 0 Å². The monoisotopic (exact) mass is 370 g/mol. The quantitative estimate of drug-likeness (QED) is 0.757. The number of carbonyl (C=O) groups excluding carboxylic acids is 1. The Bertz CT molecular complexity index is 994. The lowest BCUT2D eigenvalue weighted by Gasteiger charge is -2.22. The molecule has 0 bridgehead atoms. The van der Waals surface area contributed by atoms with E-state index in [4.69, 9.17) is 0 Å². The van der Waals surface area contributed by atoms with Crippen LogP contribution in [0.15, 0.2) is 18.6 Å². The van der Waals surface area contributed by atoms with Gasteiger partial charge in [-0.25, -0.2) is 9.97 Å². The topological polar surface area (TPSA) is 92.1 Å². The SMILES string of the molecule is CCN1C(=O)c2nc(C)sc2N(C)c2nc(Nc3cnn(C)c3)ncc21. The summed E-state index contributed by atoms with van der Waals surface area (Å²) in [6.07, 6.45) is 5.21. The van der Waals surface area contributed by atoms with Crippen LogP contribution in [0.25, 0.3) is 0 Å². The van der Waals surface area contributed by atoms with Crippen molar-refractivity contribution in [3.05, 3.63) is 29.3 Å². The number of aromatic nitrogens is 5. The highest BCUT2D eigenvalue weighted by Gasteiger charge is 2.33. The Balaban J connectivity index is 1.81. The number of fused-ring (bicyclic) bond motifs is 2. The minimum Gasteiger partial charge on any atom is -0.321 e. The molecule has 134 valence electrons. The van der Waals surface area contributed by atoms with Crippen molar-refractivity contribution in [1.82, 2.24) is 24.7 Å². The van der Waals surface area contributed by atoms with Gasteiger partial charge in [-0.05, 0) is 13.8 Å². The number of nitrogens with zero attached hydrogens (tertiary/aromatic N) is 7. The van der Waals surface area contributed by atoms with E-state index in [-0.39, 0.29) is 5.91 Å². The summed E-state index contributed by atoms with van der Waals surface area (Å²) in [6.45, 7) is 4.33. The number of aryl methyl sites for hydroxylation is 2. The van der Waals surface area contributed by atoms with E-state index in [0.29, 0.717) is 29.7 Å². The van der Waals surface area contributed by atoms with Gasteiger partial charge in [0.05, 0.1) is 23.1 Å². The number of nitrogens with one attached hydrogen (secondary N) is 1. The molecule has 3 aromatic heterocycles. The van der Waals surface area contributed by atoms with Crippen LogP contribution in [-0.4, -0.2) is 44.2 Å². The number of thiazole rings is 1. The predicted octanol–water partition coefficient (Wildman–Crippen LogP) is 2.47. The van der Waals surface area contributed by atoms with Gasteiger partial charge in [0.15, 0.2) is 11.5 Å². The molecule has 1 amide bonds. The van der Waals surface area contributed by atoms with Crippen molar-refractivity contribution in [1.29, 1.82) is 0 Å². The lowest BCUT2D eigenvalue weighted by atomic mass is 10.3. The molecule has 1 aliphatic heterocycles. The van der Waals surface area contributed by atoms with E-state index >= 15 is 0 Å². The molecule has 0 fully saturated rings. The fraction of sp³-hybridized carbons (Fsp3) is 0.312. The number of rotatable bonds is 3. The molecule has 4 heterocycles. The third-order valence-electron chi connectivity index (χ3n) is 4.10. The zero-order valence-electron chi connectivity index (χ0n) is 14.9. The van der Waals surface area contributed by atoms with Crippen molar-refractivity contribution in [2.45, 2.75) is 13.8 Å². The van der Waals surface area contributed by atoms with Crippen molar-refractivity contribution in [3.63, 3.8) is 0 Å². The molecule has 26 heavy (non-hydrogen) atoms. The van der Waals surface area contributed by atoms with Gasteiger partial charge in [-0.15, -0.1) is 11.3 Å². The molecule has 0 atom stereocenters. The summed E-state index contributed by atoms with van der Waals surface area (Å²) in [4.78, 5) is 29.9. The Morgan fingerprint density at radius 2 is 2.04 bits per heavy atom. The maximum atomic E-state index is 12.9. The van der Waals surface area contributed by atoms with Crippen molar-refractivity contribution in [2.75, 3.05) is 28.7 Å². The lowest BCUT2D eigenvalue weighted by Crippen LogP contribution is -2.30. The molecule has 0 aromatic carbocycles. The summed E-state index contributed by atoms with van der Waals surface area (Å²) in [5.74, 6) is 0.967. The van der Waals surface area contributed by atoms with E-state index < -0.39 is 0 Å². The highest BCUT2D eigenvalue weighted by atomic mass is 32.1. The fourth-order valence-corrected chi connectivity index (χ4v) is 3.78. The van der Waals surface area contributed by atoms with Crippen LogP contribution in [0.4, 0.5) is 28.1 Å². The van der Waals surface area contributed by atoms with E-state index in [0.717, 1.165) is 15.7 Å². The average Bonchev–Trinajstić information content (AvgIpc) is 3.19. The normalized spacial score (nSPS) is 13.5. The van der Waals surface area contributed by atoms with Crippen molar-refractivity contribution in [3.8, 4) is 0 Å². The van der Waals surface area contributed by atoms with Crippen molar-refractivity contribution < 1.29 is 4.79 Å². The van der Waals surface area contributed by atoms with Crippen molar-refractivity contribution in [2.24, 2.45) is 7.05 Å². The molecule has 0 aliphatic carbocycles. The van der Waals surface area contributed by atoms with Gasteiger partial charge >= 0.3 is 0 Å². The van der Waals surface area contributed by atoms with E-state index in [2.05, 4.69) is 25.4 Å². The molecule has 4 rings (SSSR count). The van der Waals surface area contributed by atoms with E-state index in [1.165, 1.54) is 11.3 Å². The largest absolute Gasteiger partial charge is 0.321 e. The van der Waals surface area contributed by atoms with Gasteiger partial charge in [0.25, 0.3) is 5.91 Å². The molecule has 0 spiro atoms. The maximum Gasteiger partial charge on any atom is 0.280 e. The molecule has 0 unspecified atom stereocenters. The number of hydrogen-bond acceptors (Lipinski definition) is 8. The lowest BCUT2D eigenvalue weighted by molar-refractivity contribution is 0.0985. The first kappa shape index (κ1) is 16.5. The molecule has 1 aliphatic rings. The second kappa shape index (κ2) is 6.06. The molecular formula is C16H18N8OS. The highest BCUT2D eigenvalue weighted by Crippen LogP contribution is 2.41. The summed E-state index contributed by atoms with van der Waals surface area (Å²) in [7, 11) is 3.73. The molecule has 1 N–H and O–H groups in total. The van der Waals surface area contributed by atoms with Crippen molar-refractivity contribution >= 4 is 45.4 Å². The summed E-state index contributed by atoms with van der Waals surface area (Å²) >= 11 is 1.48. The van der Waals surface area contributed by atoms with Gasteiger partial charge < -0.3 is 15.1 Å². The fourth-order valence-electron chi connectivity index (χ4n) is 2.91. The first-order valence-electron chi connectivity index (χ1n) is 8.13.